The van der Waals surface area contributed by atoms with Crippen molar-refractivity contribution in [2.24, 2.45) is 11.3 Å². The topological polar surface area (TPSA) is 29.9 Å². The summed E-state index contributed by atoms with van der Waals surface area (Å²) in [6.07, 6.45) is 2.17. The number of hydrogen-bond acceptors (Lipinski definition) is 2. The molecular formula is C14H24BrN3. The largest absolute Gasteiger partial charge is 0.369 e. The van der Waals surface area contributed by atoms with Crippen molar-refractivity contribution in [3.05, 3.63) is 10.2 Å². The van der Waals surface area contributed by atoms with Gasteiger partial charge in [0.1, 0.15) is 5.82 Å². The summed E-state index contributed by atoms with van der Waals surface area (Å²) in [5, 5.41) is 8.33. The van der Waals surface area contributed by atoms with Crippen LogP contribution in [0, 0.1) is 11.3 Å². The van der Waals surface area contributed by atoms with Crippen molar-refractivity contribution >= 4 is 21.7 Å². The lowest BCUT2D eigenvalue weighted by Crippen LogP contribution is -2.32. The van der Waals surface area contributed by atoms with E-state index in [9.17, 15) is 0 Å². The van der Waals surface area contributed by atoms with Crippen LogP contribution in [0.2, 0.25) is 0 Å². The van der Waals surface area contributed by atoms with Crippen LogP contribution in [0.1, 0.15) is 52.8 Å². The second kappa shape index (κ2) is 4.87. The first kappa shape index (κ1) is 13.9. The van der Waals surface area contributed by atoms with Gasteiger partial charge in [0.2, 0.25) is 0 Å². The molecule has 2 rings (SSSR count). The second-order valence-electron chi connectivity index (χ2n) is 6.75. The van der Waals surface area contributed by atoms with Gasteiger partial charge in [0.25, 0.3) is 0 Å². The molecule has 0 fully saturated rings. The molecule has 1 aromatic rings. The molecule has 0 spiro atoms. The second-order valence-corrected chi connectivity index (χ2v) is 7.54. The number of hydrogen-bond donors (Lipinski definition) is 1. The third kappa shape index (κ3) is 2.58. The van der Waals surface area contributed by atoms with Gasteiger partial charge in [-0.05, 0) is 40.1 Å². The van der Waals surface area contributed by atoms with Crippen LogP contribution < -0.4 is 5.32 Å². The van der Waals surface area contributed by atoms with Crippen molar-refractivity contribution in [2.45, 2.75) is 53.5 Å². The molecule has 2 heterocycles. The fraction of sp³-hybridized carbons (Fsp3) is 0.786. The van der Waals surface area contributed by atoms with Crippen LogP contribution in [-0.4, -0.2) is 16.3 Å². The Morgan fingerprint density at radius 3 is 2.67 bits per heavy atom. The molecule has 0 bridgehead atoms. The lowest BCUT2D eigenvalue weighted by Gasteiger charge is -2.35. The zero-order chi connectivity index (χ0) is 13.5. The predicted octanol–water partition coefficient (Wildman–Crippen LogP) is 4.25. The highest BCUT2D eigenvalue weighted by Crippen LogP contribution is 2.41. The number of rotatable bonds is 2. The quantitative estimate of drug-likeness (QED) is 0.884. The Morgan fingerprint density at radius 1 is 1.44 bits per heavy atom. The van der Waals surface area contributed by atoms with Crippen LogP contribution in [0.5, 0.6) is 0 Å². The highest BCUT2D eigenvalue weighted by Gasteiger charge is 2.33. The van der Waals surface area contributed by atoms with E-state index in [0.29, 0.717) is 12.0 Å². The number of aromatic nitrogens is 2. The van der Waals surface area contributed by atoms with Crippen molar-refractivity contribution in [2.75, 3.05) is 11.9 Å². The molecule has 0 radical (unpaired) electrons. The van der Waals surface area contributed by atoms with E-state index in [-0.39, 0.29) is 5.41 Å². The first-order chi connectivity index (χ1) is 8.30. The van der Waals surface area contributed by atoms with Gasteiger partial charge in [-0.15, -0.1) is 0 Å². The minimum Gasteiger partial charge on any atom is -0.369 e. The van der Waals surface area contributed by atoms with Gasteiger partial charge in [0.15, 0.2) is 0 Å². The maximum absolute atomic E-state index is 4.85. The van der Waals surface area contributed by atoms with Gasteiger partial charge in [-0.1, -0.05) is 34.6 Å². The number of anilines is 1. The van der Waals surface area contributed by atoms with Crippen LogP contribution in [0.25, 0.3) is 0 Å². The van der Waals surface area contributed by atoms with E-state index in [0.717, 1.165) is 29.7 Å². The molecule has 0 aliphatic carbocycles. The predicted molar refractivity (Wildman–Crippen MR) is 80.1 cm³/mol. The minimum atomic E-state index is 0.247. The van der Waals surface area contributed by atoms with Crippen LogP contribution in [0.4, 0.5) is 5.82 Å². The Bertz CT molecular complexity index is 429. The van der Waals surface area contributed by atoms with Crippen LogP contribution in [0.15, 0.2) is 4.47 Å². The van der Waals surface area contributed by atoms with E-state index >= 15 is 0 Å². The summed E-state index contributed by atoms with van der Waals surface area (Å²) >= 11 is 3.71. The van der Waals surface area contributed by atoms with Crippen molar-refractivity contribution in [3.8, 4) is 0 Å². The third-order valence-corrected chi connectivity index (χ3v) is 4.36. The van der Waals surface area contributed by atoms with Gasteiger partial charge >= 0.3 is 0 Å². The molecule has 0 saturated carbocycles. The third-order valence-electron chi connectivity index (χ3n) is 3.53. The molecule has 0 aromatic carbocycles. The molecule has 4 heteroatoms. The van der Waals surface area contributed by atoms with E-state index < -0.39 is 0 Å². The lowest BCUT2D eigenvalue weighted by atomic mass is 9.84. The number of halogens is 1. The summed E-state index contributed by atoms with van der Waals surface area (Å²) in [6, 6.07) is 0.478. The maximum atomic E-state index is 4.85. The Labute approximate surface area is 118 Å². The fourth-order valence-electron chi connectivity index (χ4n) is 2.61. The van der Waals surface area contributed by atoms with Gasteiger partial charge in [-0.3, -0.25) is 0 Å². The van der Waals surface area contributed by atoms with E-state index in [2.05, 4.69) is 60.5 Å². The van der Waals surface area contributed by atoms with Crippen LogP contribution in [-0.2, 0) is 6.42 Å². The lowest BCUT2D eigenvalue weighted by molar-refractivity contribution is 0.209. The number of nitrogens with one attached hydrogen (secondary N) is 1. The van der Waals surface area contributed by atoms with Gasteiger partial charge in [-0.2, -0.15) is 5.10 Å². The van der Waals surface area contributed by atoms with Gasteiger partial charge < -0.3 is 5.32 Å². The van der Waals surface area contributed by atoms with E-state index in [1.54, 1.807) is 0 Å². The molecule has 18 heavy (non-hydrogen) atoms. The highest BCUT2D eigenvalue weighted by molar-refractivity contribution is 9.10. The number of nitrogens with zero attached hydrogens (tertiary/aromatic N) is 2. The molecule has 1 unspecified atom stereocenters. The first-order valence-corrected chi connectivity index (χ1v) is 7.60. The molecule has 3 nitrogen and oxygen atoms in total. The summed E-state index contributed by atoms with van der Waals surface area (Å²) in [5.74, 6) is 1.79. The summed E-state index contributed by atoms with van der Waals surface area (Å²) in [7, 11) is 0. The normalized spacial score (nSPS) is 19.8. The SMILES string of the molecule is CC(C)Cc1nn2c(c1Br)NCCC2C(C)(C)C. The molecule has 0 amide bonds. The molecule has 1 atom stereocenters. The van der Waals surface area contributed by atoms with E-state index in [4.69, 9.17) is 5.10 Å². The van der Waals surface area contributed by atoms with Gasteiger partial charge in [0.05, 0.1) is 16.2 Å². The van der Waals surface area contributed by atoms with Gasteiger partial charge in [0, 0.05) is 6.54 Å². The van der Waals surface area contributed by atoms with E-state index in [1.807, 2.05) is 0 Å². The molecule has 0 saturated heterocycles. The standard InChI is InChI=1S/C14H24BrN3/c1-9(2)8-10-12(15)13-16-7-6-11(14(3,4)5)18(13)17-10/h9,11,16H,6-8H2,1-5H3. The van der Waals surface area contributed by atoms with Crippen molar-refractivity contribution in [3.63, 3.8) is 0 Å². The zero-order valence-electron chi connectivity index (χ0n) is 12.0. The monoisotopic (exact) mass is 313 g/mol. The highest BCUT2D eigenvalue weighted by atomic mass is 79.9. The summed E-state index contributed by atoms with van der Waals surface area (Å²) < 4.78 is 3.36. The summed E-state index contributed by atoms with van der Waals surface area (Å²) in [4.78, 5) is 0. The molecular weight excluding hydrogens is 290 g/mol. The van der Waals surface area contributed by atoms with Crippen molar-refractivity contribution < 1.29 is 0 Å². The average Bonchev–Trinajstić information content (AvgIpc) is 2.54. The Hall–Kier alpha value is -0.510. The van der Waals surface area contributed by atoms with Crippen LogP contribution >= 0.6 is 15.9 Å². The van der Waals surface area contributed by atoms with Crippen molar-refractivity contribution in [1.82, 2.24) is 9.78 Å². The first-order valence-electron chi connectivity index (χ1n) is 6.81. The Morgan fingerprint density at radius 2 is 2.11 bits per heavy atom. The van der Waals surface area contributed by atoms with E-state index in [1.165, 1.54) is 5.69 Å². The minimum absolute atomic E-state index is 0.247. The fourth-order valence-corrected chi connectivity index (χ4v) is 3.17. The number of fused-ring (bicyclic) bond motifs is 1. The molecule has 1 N–H and O–H groups in total. The molecule has 1 aromatic heterocycles. The van der Waals surface area contributed by atoms with Gasteiger partial charge in [-0.25, -0.2) is 4.68 Å². The molecule has 1 aliphatic heterocycles. The average molecular weight is 314 g/mol. The molecule has 1 aliphatic rings. The van der Waals surface area contributed by atoms with Crippen LogP contribution in [0.3, 0.4) is 0 Å². The smallest absolute Gasteiger partial charge is 0.139 e. The molecule has 102 valence electrons. The Balaban J connectivity index is 2.40. The Kier molecular flexibility index (Phi) is 3.77. The maximum Gasteiger partial charge on any atom is 0.139 e. The summed E-state index contributed by atoms with van der Waals surface area (Å²) in [6.45, 7) is 12.4. The van der Waals surface area contributed by atoms with Crippen molar-refractivity contribution in [1.29, 1.82) is 0 Å². The summed E-state index contributed by atoms with van der Waals surface area (Å²) in [5.41, 5.74) is 1.43. The zero-order valence-corrected chi connectivity index (χ0v) is 13.6.